The van der Waals surface area contributed by atoms with Crippen LogP contribution in [0.15, 0.2) is 60.7 Å². The fourth-order valence-corrected chi connectivity index (χ4v) is 4.57. The number of aromatic nitrogens is 3. The Balaban J connectivity index is 1.67. The van der Waals surface area contributed by atoms with Gasteiger partial charge in [-0.1, -0.05) is 60.1 Å². The van der Waals surface area contributed by atoms with Crippen LogP contribution >= 0.6 is 0 Å². The van der Waals surface area contributed by atoms with Crippen molar-refractivity contribution in [2.75, 3.05) is 44.2 Å². The van der Waals surface area contributed by atoms with Crippen molar-refractivity contribution in [2.45, 2.75) is 6.92 Å². The van der Waals surface area contributed by atoms with Gasteiger partial charge < -0.3 is 10.0 Å². The Hall–Kier alpha value is -3.16. The molecule has 0 amide bonds. The molecule has 162 valence electrons. The molecule has 1 saturated heterocycles. The van der Waals surface area contributed by atoms with Gasteiger partial charge in [0.15, 0.2) is 5.65 Å². The first-order chi connectivity index (χ1) is 15.6. The van der Waals surface area contributed by atoms with Crippen molar-refractivity contribution in [1.82, 2.24) is 19.5 Å². The van der Waals surface area contributed by atoms with E-state index < -0.39 is 0 Å². The van der Waals surface area contributed by atoms with Crippen LogP contribution in [0.25, 0.3) is 28.0 Å². The molecule has 32 heavy (non-hydrogen) atoms. The number of nitrogens with zero attached hydrogens (tertiary/aromatic N) is 5. The summed E-state index contributed by atoms with van der Waals surface area (Å²) in [5.41, 5.74) is 7.38. The lowest BCUT2D eigenvalue weighted by molar-refractivity contribution is 0.188. The van der Waals surface area contributed by atoms with Crippen molar-refractivity contribution < 1.29 is 5.11 Å². The van der Waals surface area contributed by atoms with Crippen LogP contribution in [0.5, 0.6) is 0 Å². The normalized spacial score (nSPS) is 14.9. The summed E-state index contributed by atoms with van der Waals surface area (Å²) in [7, 11) is 2.11. The van der Waals surface area contributed by atoms with Crippen molar-refractivity contribution in [3.8, 4) is 22.4 Å². The summed E-state index contributed by atoms with van der Waals surface area (Å²) in [6.07, 6.45) is 0. The Labute approximate surface area is 189 Å². The highest BCUT2D eigenvalue weighted by molar-refractivity contribution is 6.32. The molecule has 0 atom stereocenters. The second-order valence-electron chi connectivity index (χ2n) is 8.48. The lowest BCUT2D eigenvalue weighted by Gasteiger charge is -2.35. The van der Waals surface area contributed by atoms with Gasteiger partial charge in [0.25, 0.3) is 0 Å². The molecule has 5 rings (SSSR count). The number of fused-ring (bicyclic) bond motifs is 1. The molecule has 3 heterocycles. The van der Waals surface area contributed by atoms with Gasteiger partial charge in [0.1, 0.15) is 13.7 Å². The minimum Gasteiger partial charge on any atom is -0.395 e. The predicted molar refractivity (Wildman–Crippen MR) is 133 cm³/mol. The first kappa shape index (κ1) is 20.7. The van der Waals surface area contributed by atoms with Crippen molar-refractivity contribution in [3.63, 3.8) is 0 Å². The molecule has 6 nitrogen and oxygen atoms in total. The maximum absolute atomic E-state index is 9.29. The molecule has 0 aliphatic carbocycles. The van der Waals surface area contributed by atoms with E-state index >= 15 is 0 Å². The number of hydrogen-bond donors (Lipinski definition) is 1. The highest BCUT2D eigenvalue weighted by atomic mass is 16.3. The number of β-amino-alcohol motifs (C(OH)–C–C–N with tert-alkyl or cyclic N) is 1. The van der Waals surface area contributed by atoms with E-state index in [0.29, 0.717) is 0 Å². The second kappa shape index (κ2) is 8.77. The Morgan fingerprint density at radius 1 is 0.938 bits per heavy atom. The van der Waals surface area contributed by atoms with Crippen molar-refractivity contribution in [2.24, 2.45) is 0 Å². The molecule has 1 fully saturated rings. The smallest absolute Gasteiger partial charge is 0.166 e. The van der Waals surface area contributed by atoms with Crippen molar-refractivity contribution >= 4 is 24.8 Å². The number of anilines is 1. The minimum atomic E-state index is 0.204. The van der Waals surface area contributed by atoms with Gasteiger partial charge in [-0.2, -0.15) is 9.61 Å². The van der Waals surface area contributed by atoms with E-state index in [4.69, 9.17) is 10.1 Å². The molecule has 1 aliphatic heterocycles. The van der Waals surface area contributed by atoms with E-state index in [9.17, 15) is 5.11 Å². The second-order valence-corrected chi connectivity index (χ2v) is 8.48. The first-order valence-electron chi connectivity index (χ1n) is 11.2. The molecule has 0 unspecified atom stereocenters. The monoisotopic (exact) mass is 425 g/mol. The summed E-state index contributed by atoms with van der Waals surface area (Å²) in [5.74, 6) is 1.07. The third-order valence-corrected chi connectivity index (χ3v) is 6.23. The van der Waals surface area contributed by atoms with Crippen LogP contribution in [0.1, 0.15) is 5.69 Å². The SMILES string of the molecule is Bc1cccc(-c2cc(N3CCN(CCO)CC3)n3nc(C)c(-c4ccccc4)c3n2)c1. The van der Waals surface area contributed by atoms with Crippen molar-refractivity contribution in [1.29, 1.82) is 0 Å². The molecule has 2 aromatic carbocycles. The summed E-state index contributed by atoms with van der Waals surface area (Å²) in [6.45, 7) is 6.64. The third-order valence-electron chi connectivity index (χ3n) is 6.23. The van der Waals surface area contributed by atoms with Gasteiger partial charge in [-0.3, -0.25) is 4.90 Å². The van der Waals surface area contributed by atoms with Gasteiger partial charge in [0, 0.05) is 44.4 Å². The van der Waals surface area contributed by atoms with Crippen LogP contribution in [-0.4, -0.2) is 71.8 Å². The zero-order chi connectivity index (χ0) is 22.1. The fraction of sp³-hybridized carbons (Fsp3) is 0.280. The van der Waals surface area contributed by atoms with Gasteiger partial charge >= 0.3 is 0 Å². The standard InChI is InChI=1S/C25H28BN5O/c1-18-24(19-6-3-2-4-7-19)25-27-22(20-8-5-9-21(26)16-20)17-23(31(25)28-18)30-12-10-29(11-13-30)14-15-32/h2-9,16-17,32H,10-15,26H2,1H3. The number of hydrogen-bond acceptors (Lipinski definition) is 5. The number of rotatable bonds is 5. The highest BCUT2D eigenvalue weighted by Gasteiger charge is 2.23. The number of benzene rings is 2. The topological polar surface area (TPSA) is 56.9 Å². The molecule has 0 saturated carbocycles. The number of aliphatic hydroxyl groups excluding tert-OH is 1. The number of piperazine rings is 1. The molecule has 4 aromatic rings. The average Bonchev–Trinajstić information content (AvgIpc) is 3.15. The van der Waals surface area contributed by atoms with Crippen LogP contribution in [-0.2, 0) is 0 Å². The third kappa shape index (κ3) is 3.90. The van der Waals surface area contributed by atoms with Crippen LogP contribution < -0.4 is 10.4 Å². The Morgan fingerprint density at radius 3 is 2.41 bits per heavy atom. The summed E-state index contributed by atoms with van der Waals surface area (Å²) in [4.78, 5) is 9.81. The predicted octanol–water partition coefficient (Wildman–Crippen LogP) is 1.74. The number of aryl methyl sites for hydroxylation is 1. The van der Waals surface area contributed by atoms with Crippen LogP contribution in [0.3, 0.4) is 0 Å². The summed E-state index contributed by atoms with van der Waals surface area (Å²) < 4.78 is 2.01. The molecular formula is C25H28BN5O. The molecule has 0 spiro atoms. The average molecular weight is 425 g/mol. The highest BCUT2D eigenvalue weighted by Crippen LogP contribution is 2.32. The molecule has 0 radical (unpaired) electrons. The van der Waals surface area contributed by atoms with Gasteiger partial charge in [0.2, 0.25) is 0 Å². The van der Waals surface area contributed by atoms with Crippen LogP contribution in [0.2, 0.25) is 0 Å². The zero-order valence-corrected chi connectivity index (χ0v) is 18.7. The lowest BCUT2D eigenvalue weighted by atomic mass is 9.93. The zero-order valence-electron chi connectivity index (χ0n) is 18.7. The molecule has 1 aliphatic rings. The van der Waals surface area contributed by atoms with Crippen LogP contribution in [0.4, 0.5) is 5.82 Å². The van der Waals surface area contributed by atoms with E-state index in [1.165, 1.54) is 5.46 Å². The Kier molecular flexibility index (Phi) is 5.68. The summed E-state index contributed by atoms with van der Waals surface area (Å²) in [5, 5.41) is 14.2. The first-order valence-corrected chi connectivity index (χ1v) is 11.2. The lowest BCUT2D eigenvalue weighted by Crippen LogP contribution is -2.47. The Bertz CT molecular complexity index is 1230. The quantitative estimate of drug-likeness (QED) is 0.494. The summed E-state index contributed by atoms with van der Waals surface area (Å²) >= 11 is 0. The summed E-state index contributed by atoms with van der Waals surface area (Å²) in [6, 6.07) is 21.1. The molecule has 0 bridgehead atoms. The van der Waals surface area contributed by atoms with E-state index in [1.807, 2.05) is 10.6 Å². The van der Waals surface area contributed by atoms with Crippen LogP contribution in [0, 0.1) is 6.92 Å². The molecule has 2 aromatic heterocycles. The van der Waals surface area contributed by atoms with E-state index in [2.05, 4.69) is 79.2 Å². The van der Waals surface area contributed by atoms with Gasteiger partial charge in [0.05, 0.1) is 18.0 Å². The largest absolute Gasteiger partial charge is 0.395 e. The molecule has 1 N–H and O–H groups in total. The van der Waals surface area contributed by atoms with Gasteiger partial charge in [-0.25, -0.2) is 4.98 Å². The Morgan fingerprint density at radius 2 is 1.69 bits per heavy atom. The molecule has 7 heteroatoms. The fourth-order valence-electron chi connectivity index (χ4n) is 4.57. The van der Waals surface area contributed by atoms with E-state index in [0.717, 1.165) is 72.3 Å². The van der Waals surface area contributed by atoms with E-state index in [1.54, 1.807) is 0 Å². The minimum absolute atomic E-state index is 0.204. The van der Waals surface area contributed by atoms with Gasteiger partial charge in [-0.05, 0) is 18.1 Å². The van der Waals surface area contributed by atoms with Crippen molar-refractivity contribution in [3.05, 3.63) is 66.4 Å². The maximum atomic E-state index is 9.29. The van der Waals surface area contributed by atoms with E-state index in [-0.39, 0.29) is 6.61 Å². The maximum Gasteiger partial charge on any atom is 0.166 e. The molecular weight excluding hydrogens is 397 g/mol. The number of aliphatic hydroxyl groups is 1. The van der Waals surface area contributed by atoms with Gasteiger partial charge in [-0.15, -0.1) is 0 Å².